The van der Waals surface area contributed by atoms with Gasteiger partial charge in [-0.2, -0.15) is 0 Å². The maximum absolute atomic E-state index is 12.1. The van der Waals surface area contributed by atoms with Crippen LogP contribution in [0, 0.1) is 6.92 Å². The summed E-state index contributed by atoms with van der Waals surface area (Å²) in [6.07, 6.45) is -0.654. The number of aryl methyl sites for hydroxylation is 1. The number of rotatable bonds is 8. The molecule has 2 aromatic carbocycles. The van der Waals surface area contributed by atoms with Crippen molar-refractivity contribution in [3.63, 3.8) is 0 Å². The summed E-state index contributed by atoms with van der Waals surface area (Å²) >= 11 is 0. The molecule has 7 nitrogen and oxygen atoms in total. The van der Waals surface area contributed by atoms with Crippen LogP contribution >= 0.6 is 0 Å². The fourth-order valence-corrected chi connectivity index (χ4v) is 2.41. The Labute approximate surface area is 157 Å². The molecule has 0 saturated carbocycles. The van der Waals surface area contributed by atoms with Crippen molar-refractivity contribution in [1.29, 1.82) is 0 Å². The van der Waals surface area contributed by atoms with Gasteiger partial charge in [-0.25, -0.2) is 9.59 Å². The molecule has 0 bridgehead atoms. The fourth-order valence-electron chi connectivity index (χ4n) is 2.41. The summed E-state index contributed by atoms with van der Waals surface area (Å²) in [5.41, 5.74) is 1.01. The van der Waals surface area contributed by atoms with Crippen LogP contribution in [0.4, 0.5) is 4.79 Å². The van der Waals surface area contributed by atoms with E-state index in [4.69, 9.17) is 19.3 Å². The van der Waals surface area contributed by atoms with Crippen molar-refractivity contribution in [2.75, 3.05) is 26.4 Å². The van der Waals surface area contributed by atoms with E-state index in [9.17, 15) is 9.59 Å². The molecule has 7 heteroatoms. The van der Waals surface area contributed by atoms with Gasteiger partial charge in [-0.1, -0.05) is 30.8 Å². The molecular weight excluding hydrogens is 350 g/mol. The Balaban J connectivity index is 2.07. The predicted molar refractivity (Wildman–Crippen MR) is 101 cm³/mol. The highest BCUT2D eigenvalue weighted by atomic mass is 16.6. The molecule has 2 rings (SSSR count). The second kappa shape index (κ2) is 9.59. The first-order chi connectivity index (χ1) is 12.9. The lowest BCUT2D eigenvalue weighted by Crippen LogP contribution is -2.31. The quantitative estimate of drug-likeness (QED) is 0.420. The zero-order valence-electron chi connectivity index (χ0n) is 15.4. The van der Waals surface area contributed by atoms with E-state index in [1.165, 1.54) is 0 Å². The Morgan fingerprint density at radius 2 is 1.89 bits per heavy atom. The summed E-state index contributed by atoms with van der Waals surface area (Å²) in [6, 6.07) is 9.12. The van der Waals surface area contributed by atoms with Crippen LogP contribution in [0.15, 0.2) is 42.5 Å². The minimum absolute atomic E-state index is 0.0223. The molecule has 0 aromatic heterocycles. The summed E-state index contributed by atoms with van der Waals surface area (Å²) in [5.74, 6) is 0.514. The highest BCUT2D eigenvalue weighted by molar-refractivity contribution is 5.96. The van der Waals surface area contributed by atoms with Gasteiger partial charge in [0.15, 0.2) is 0 Å². The molecule has 0 aliphatic carbocycles. The van der Waals surface area contributed by atoms with E-state index < -0.39 is 12.1 Å². The molecule has 1 amide bonds. The Hall–Kier alpha value is -3.06. The van der Waals surface area contributed by atoms with Crippen molar-refractivity contribution in [2.24, 2.45) is 0 Å². The molecule has 0 radical (unpaired) electrons. The van der Waals surface area contributed by atoms with Gasteiger partial charge in [0.05, 0.1) is 13.2 Å². The number of hydrogen-bond acceptors (Lipinski definition) is 6. The maximum atomic E-state index is 12.1. The van der Waals surface area contributed by atoms with Crippen molar-refractivity contribution >= 4 is 22.8 Å². The Morgan fingerprint density at radius 1 is 1.19 bits per heavy atom. The number of esters is 1. The second-order valence-corrected chi connectivity index (χ2v) is 5.87. The number of fused-ring (bicyclic) bond motifs is 1. The van der Waals surface area contributed by atoms with Gasteiger partial charge in [-0.3, -0.25) is 0 Å². The summed E-state index contributed by atoms with van der Waals surface area (Å²) in [4.78, 5) is 23.4. The average Bonchev–Trinajstić information content (AvgIpc) is 2.65. The van der Waals surface area contributed by atoms with Crippen molar-refractivity contribution in [1.82, 2.24) is 5.32 Å². The van der Waals surface area contributed by atoms with Gasteiger partial charge in [0.25, 0.3) is 0 Å². The first-order valence-electron chi connectivity index (χ1n) is 8.48. The summed E-state index contributed by atoms with van der Waals surface area (Å²) in [7, 11) is 0. The van der Waals surface area contributed by atoms with E-state index in [0.717, 1.165) is 5.39 Å². The van der Waals surface area contributed by atoms with Crippen LogP contribution in [-0.4, -0.2) is 43.5 Å². The Bertz CT molecular complexity index is 846. The topological polar surface area (TPSA) is 94.1 Å². The molecule has 0 aliphatic heterocycles. The molecular formula is C20H23NO6. The third kappa shape index (κ3) is 5.46. The molecule has 0 heterocycles. The highest BCUT2D eigenvalue weighted by Crippen LogP contribution is 2.36. The zero-order valence-corrected chi connectivity index (χ0v) is 15.4. The Morgan fingerprint density at radius 3 is 2.56 bits per heavy atom. The monoisotopic (exact) mass is 373 g/mol. The molecule has 2 aromatic rings. The molecule has 2 N–H and O–H groups in total. The summed E-state index contributed by atoms with van der Waals surface area (Å²) in [6.45, 7) is 7.05. The van der Waals surface area contributed by atoms with Crippen molar-refractivity contribution in [2.45, 2.75) is 13.8 Å². The largest absolute Gasteiger partial charge is 0.491 e. The van der Waals surface area contributed by atoms with Gasteiger partial charge < -0.3 is 24.6 Å². The van der Waals surface area contributed by atoms with Crippen LogP contribution < -0.4 is 14.8 Å². The molecule has 0 saturated heterocycles. The van der Waals surface area contributed by atoms with E-state index in [1.54, 1.807) is 19.9 Å². The van der Waals surface area contributed by atoms with E-state index in [1.807, 2.05) is 24.3 Å². The standard InChI is InChI=1S/C20H23NO6/c1-13(2)19(23)26-10-8-21-20(24)27-18-14(3)12-17(25-11-9-22)15-6-4-5-7-16(15)18/h4-7,12,22H,1,8-11H2,2-3H3,(H,21,24). The zero-order chi connectivity index (χ0) is 19.8. The number of nitrogens with one attached hydrogen (secondary N) is 1. The molecule has 0 spiro atoms. The van der Waals surface area contributed by atoms with Crippen molar-refractivity contribution in [3.05, 3.63) is 48.0 Å². The highest BCUT2D eigenvalue weighted by Gasteiger charge is 2.15. The van der Waals surface area contributed by atoms with Gasteiger partial charge in [-0.15, -0.1) is 0 Å². The lowest BCUT2D eigenvalue weighted by molar-refractivity contribution is -0.138. The van der Waals surface area contributed by atoms with Crippen LogP contribution in [0.1, 0.15) is 12.5 Å². The SMILES string of the molecule is C=C(C)C(=O)OCCNC(=O)Oc1c(C)cc(OCCO)c2ccccc12. The summed E-state index contributed by atoms with van der Waals surface area (Å²) in [5, 5.41) is 13.0. The first kappa shape index (κ1) is 20.3. The van der Waals surface area contributed by atoms with Crippen LogP contribution in [0.2, 0.25) is 0 Å². The second-order valence-electron chi connectivity index (χ2n) is 5.87. The Kier molecular flexibility index (Phi) is 7.19. The van der Waals surface area contributed by atoms with E-state index in [0.29, 0.717) is 28.0 Å². The van der Waals surface area contributed by atoms with Crippen molar-refractivity contribution < 1.29 is 28.9 Å². The van der Waals surface area contributed by atoms with Gasteiger partial charge in [0, 0.05) is 16.3 Å². The van der Waals surface area contributed by atoms with Crippen LogP contribution in [-0.2, 0) is 9.53 Å². The van der Waals surface area contributed by atoms with Crippen LogP contribution in [0.5, 0.6) is 11.5 Å². The number of ether oxygens (including phenoxy) is 3. The van der Waals surface area contributed by atoms with Crippen LogP contribution in [0.25, 0.3) is 10.8 Å². The normalized spacial score (nSPS) is 10.3. The number of aliphatic hydroxyl groups is 1. The minimum Gasteiger partial charge on any atom is -0.491 e. The summed E-state index contributed by atoms with van der Waals surface area (Å²) < 4.78 is 15.9. The van der Waals surface area contributed by atoms with E-state index in [-0.39, 0.29) is 26.4 Å². The molecule has 0 fully saturated rings. The molecule has 0 unspecified atom stereocenters. The van der Waals surface area contributed by atoms with Gasteiger partial charge in [-0.05, 0) is 25.5 Å². The predicted octanol–water partition coefficient (Wildman–Crippen LogP) is 2.73. The fraction of sp³-hybridized carbons (Fsp3) is 0.300. The third-order valence-corrected chi connectivity index (χ3v) is 3.64. The lowest BCUT2D eigenvalue weighted by atomic mass is 10.0. The first-order valence-corrected chi connectivity index (χ1v) is 8.48. The maximum Gasteiger partial charge on any atom is 0.412 e. The van der Waals surface area contributed by atoms with Gasteiger partial charge in [0.2, 0.25) is 0 Å². The average molecular weight is 373 g/mol. The number of aliphatic hydroxyl groups excluding tert-OH is 1. The van der Waals surface area contributed by atoms with E-state index >= 15 is 0 Å². The molecule has 0 atom stereocenters. The molecule has 0 aliphatic rings. The number of carbonyl (C=O) groups is 2. The smallest absolute Gasteiger partial charge is 0.412 e. The molecule has 27 heavy (non-hydrogen) atoms. The van der Waals surface area contributed by atoms with Crippen LogP contribution in [0.3, 0.4) is 0 Å². The van der Waals surface area contributed by atoms with E-state index in [2.05, 4.69) is 11.9 Å². The third-order valence-electron chi connectivity index (χ3n) is 3.64. The van der Waals surface area contributed by atoms with Gasteiger partial charge in [0.1, 0.15) is 24.7 Å². The number of amides is 1. The van der Waals surface area contributed by atoms with Gasteiger partial charge >= 0.3 is 12.1 Å². The number of carbonyl (C=O) groups excluding carboxylic acids is 2. The molecule has 144 valence electrons. The number of hydrogen-bond donors (Lipinski definition) is 2. The van der Waals surface area contributed by atoms with Crippen molar-refractivity contribution in [3.8, 4) is 11.5 Å². The lowest BCUT2D eigenvalue weighted by Gasteiger charge is -2.15. The minimum atomic E-state index is -0.654. The number of benzene rings is 2.